The molecule has 0 saturated carbocycles. The first-order valence-electron chi connectivity index (χ1n) is 8.29. The van der Waals surface area contributed by atoms with Gasteiger partial charge in [-0.3, -0.25) is 0 Å². The van der Waals surface area contributed by atoms with Gasteiger partial charge >= 0.3 is 0 Å². The van der Waals surface area contributed by atoms with Gasteiger partial charge in [0, 0.05) is 17.1 Å². The molecule has 3 rings (SSSR count). The molecule has 0 amide bonds. The Kier molecular flexibility index (Phi) is 5.96. The molecule has 5 heteroatoms. The van der Waals surface area contributed by atoms with Crippen molar-refractivity contribution in [2.45, 2.75) is 6.92 Å². The summed E-state index contributed by atoms with van der Waals surface area (Å²) in [5, 5.41) is 10.0. The quantitative estimate of drug-likeness (QED) is 0.338. The lowest BCUT2D eigenvalue weighted by molar-refractivity contribution is 1.46. The zero-order valence-corrected chi connectivity index (χ0v) is 15.3. The van der Waals surface area contributed by atoms with E-state index in [0.29, 0.717) is 11.1 Å². The molecule has 3 N–H and O–H groups in total. The first-order chi connectivity index (χ1) is 12.7. The highest BCUT2D eigenvalue weighted by Crippen LogP contribution is 2.11. The third kappa shape index (κ3) is 5.43. The topological polar surface area (TPSA) is 48.5 Å². The average Bonchev–Trinajstić information content (AvgIpc) is 2.65. The maximum Gasteiger partial charge on any atom is 0.207 e. The largest absolute Gasteiger partial charge is 0.331 e. The van der Waals surface area contributed by atoms with Crippen LogP contribution in [0.4, 0.5) is 17.1 Å². The molecule has 0 aliphatic carbocycles. The number of rotatable bonds is 3. The molecule has 0 saturated heterocycles. The summed E-state index contributed by atoms with van der Waals surface area (Å²) in [6, 6.07) is 27.7. The summed E-state index contributed by atoms with van der Waals surface area (Å²) < 4.78 is 0. The molecule has 0 radical (unpaired) electrons. The van der Waals surface area contributed by atoms with Crippen LogP contribution in [0.2, 0.25) is 0 Å². The molecule has 130 valence electrons. The van der Waals surface area contributed by atoms with E-state index in [9.17, 15) is 0 Å². The van der Waals surface area contributed by atoms with Crippen molar-refractivity contribution < 1.29 is 0 Å². The monoisotopic (exact) mass is 360 g/mol. The Hall–Kier alpha value is -3.18. The number of anilines is 3. The first kappa shape index (κ1) is 17.6. The highest BCUT2D eigenvalue weighted by atomic mass is 32.1. The van der Waals surface area contributed by atoms with E-state index < -0.39 is 0 Å². The molecule has 26 heavy (non-hydrogen) atoms. The summed E-state index contributed by atoms with van der Waals surface area (Å²) in [5.74, 6) is 0.548. The lowest BCUT2D eigenvalue weighted by Gasteiger charge is -2.13. The third-order valence-corrected chi connectivity index (χ3v) is 3.78. The van der Waals surface area contributed by atoms with E-state index in [1.807, 2.05) is 91.9 Å². The van der Waals surface area contributed by atoms with E-state index in [2.05, 4.69) is 20.9 Å². The van der Waals surface area contributed by atoms with Crippen LogP contribution in [0, 0.1) is 6.92 Å². The van der Waals surface area contributed by atoms with Crippen molar-refractivity contribution in [3.8, 4) is 0 Å². The van der Waals surface area contributed by atoms with Crippen molar-refractivity contribution in [1.29, 1.82) is 0 Å². The SMILES string of the molecule is Cc1ccc(NC(=S)N=C(Nc2ccccc2)Nc2ccccc2)cc1. The molecule has 0 spiro atoms. The van der Waals surface area contributed by atoms with Crippen LogP contribution < -0.4 is 16.0 Å². The van der Waals surface area contributed by atoms with Crippen LogP contribution in [0.3, 0.4) is 0 Å². The van der Waals surface area contributed by atoms with Crippen LogP contribution in [-0.2, 0) is 0 Å². The van der Waals surface area contributed by atoms with Crippen molar-refractivity contribution in [2.75, 3.05) is 16.0 Å². The Morgan fingerprint density at radius 1 is 0.654 bits per heavy atom. The standard InChI is InChI=1S/C21H20N4S/c1-16-12-14-19(15-13-16)24-21(26)25-20(22-17-8-4-2-5-9-17)23-18-10-6-3-7-11-18/h2-15H,1H3,(H3,22,23,24,25,26). The molecular weight excluding hydrogens is 340 g/mol. The van der Waals surface area contributed by atoms with Gasteiger partial charge in [-0.05, 0) is 55.5 Å². The minimum atomic E-state index is 0.371. The predicted molar refractivity (Wildman–Crippen MR) is 115 cm³/mol. The Morgan fingerprint density at radius 2 is 1.12 bits per heavy atom. The summed E-state index contributed by atoms with van der Waals surface area (Å²) in [6.07, 6.45) is 0. The molecule has 0 aromatic heterocycles. The average molecular weight is 360 g/mol. The molecule has 0 unspecified atom stereocenters. The maximum absolute atomic E-state index is 5.40. The fourth-order valence-corrected chi connectivity index (χ4v) is 2.50. The minimum Gasteiger partial charge on any atom is -0.331 e. The summed E-state index contributed by atoms with van der Waals surface area (Å²) in [5.41, 5.74) is 3.95. The van der Waals surface area contributed by atoms with Crippen molar-refractivity contribution >= 4 is 40.4 Å². The first-order valence-corrected chi connectivity index (χ1v) is 8.70. The van der Waals surface area contributed by atoms with Gasteiger partial charge in [-0.15, -0.1) is 0 Å². The van der Waals surface area contributed by atoms with E-state index >= 15 is 0 Å². The van der Waals surface area contributed by atoms with Gasteiger partial charge in [0.15, 0.2) is 0 Å². The lowest BCUT2D eigenvalue weighted by Crippen LogP contribution is -2.24. The number of para-hydroxylation sites is 2. The molecule has 3 aromatic rings. The van der Waals surface area contributed by atoms with Crippen LogP contribution in [0.15, 0.2) is 89.9 Å². The van der Waals surface area contributed by atoms with Crippen LogP contribution in [0.1, 0.15) is 5.56 Å². The molecule has 0 atom stereocenters. The summed E-state index contributed by atoms with van der Waals surface area (Å²) >= 11 is 5.40. The van der Waals surface area contributed by atoms with Crippen LogP contribution in [-0.4, -0.2) is 11.1 Å². The minimum absolute atomic E-state index is 0.371. The molecular formula is C21H20N4S. The van der Waals surface area contributed by atoms with E-state index in [4.69, 9.17) is 12.2 Å². The third-order valence-electron chi connectivity index (χ3n) is 3.59. The van der Waals surface area contributed by atoms with Gasteiger partial charge in [0.1, 0.15) is 0 Å². The van der Waals surface area contributed by atoms with Crippen molar-refractivity contribution in [3.05, 3.63) is 90.5 Å². The molecule has 0 aliphatic rings. The molecule has 0 heterocycles. The van der Waals surface area contributed by atoms with Gasteiger partial charge in [-0.1, -0.05) is 54.1 Å². The van der Waals surface area contributed by atoms with Crippen LogP contribution in [0.25, 0.3) is 0 Å². The summed E-state index contributed by atoms with van der Waals surface area (Å²) in [4.78, 5) is 4.50. The van der Waals surface area contributed by atoms with Gasteiger partial charge in [-0.25, -0.2) is 0 Å². The van der Waals surface area contributed by atoms with Crippen molar-refractivity contribution in [2.24, 2.45) is 4.99 Å². The zero-order chi connectivity index (χ0) is 18.2. The number of guanidine groups is 1. The number of thiocarbonyl (C=S) groups is 1. The van der Waals surface area contributed by atoms with Gasteiger partial charge in [0.2, 0.25) is 11.1 Å². The fraction of sp³-hybridized carbons (Fsp3) is 0.0476. The Bertz CT molecular complexity index is 831. The number of aryl methyl sites for hydroxylation is 1. The molecule has 0 aliphatic heterocycles. The Balaban J connectivity index is 1.77. The van der Waals surface area contributed by atoms with Crippen molar-refractivity contribution in [3.63, 3.8) is 0 Å². The maximum atomic E-state index is 5.40. The highest BCUT2D eigenvalue weighted by Gasteiger charge is 2.04. The number of nitrogens with zero attached hydrogens (tertiary/aromatic N) is 1. The van der Waals surface area contributed by atoms with Gasteiger partial charge in [-0.2, -0.15) is 4.99 Å². The molecule has 0 fully saturated rings. The van der Waals surface area contributed by atoms with E-state index in [0.717, 1.165) is 17.1 Å². The number of hydrogen-bond donors (Lipinski definition) is 3. The zero-order valence-electron chi connectivity index (χ0n) is 14.4. The Labute approximate surface area is 159 Å². The second-order valence-electron chi connectivity index (χ2n) is 5.74. The fourth-order valence-electron chi connectivity index (χ4n) is 2.29. The predicted octanol–water partition coefficient (Wildman–Crippen LogP) is 5.27. The second kappa shape index (κ2) is 8.78. The van der Waals surface area contributed by atoms with Crippen LogP contribution >= 0.6 is 12.2 Å². The Morgan fingerprint density at radius 3 is 1.62 bits per heavy atom. The smallest absolute Gasteiger partial charge is 0.207 e. The number of aliphatic imine (C=N–C) groups is 1. The van der Waals surface area contributed by atoms with E-state index in [-0.39, 0.29) is 0 Å². The number of nitrogens with one attached hydrogen (secondary N) is 3. The summed E-state index contributed by atoms with van der Waals surface area (Å²) in [7, 11) is 0. The van der Waals surface area contributed by atoms with Gasteiger partial charge < -0.3 is 16.0 Å². The van der Waals surface area contributed by atoms with Crippen molar-refractivity contribution in [1.82, 2.24) is 0 Å². The number of hydrogen-bond acceptors (Lipinski definition) is 1. The molecule has 0 bridgehead atoms. The van der Waals surface area contributed by atoms with Gasteiger partial charge in [0.25, 0.3) is 0 Å². The van der Waals surface area contributed by atoms with E-state index in [1.54, 1.807) is 0 Å². The second-order valence-corrected chi connectivity index (χ2v) is 6.13. The molecule has 3 aromatic carbocycles. The number of benzene rings is 3. The normalized spacial score (nSPS) is 9.88. The van der Waals surface area contributed by atoms with Gasteiger partial charge in [0.05, 0.1) is 0 Å². The molecule has 4 nitrogen and oxygen atoms in total. The van der Waals surface area contributed by atoms with E-state index in [1.165, 1.54) is 5.56 Å². The highest BCUT2D eigenvalue weighted by molar-refractivity contribution is 7.80. The van der Waals surface area contributed by atoms with Crippen LogP contribution in [0.5, 0.6) is 0 Å². The summed E-state index contributed by atoms with van der Waals surface area (Å²) in [6.45, 7) is 2.05. The lowest BCUT2D eigenvalue weighted by atomic mass is 10.2.